The van der Waals surface area contributed by atoms with E-state index in [0.29, 0.717) is 32.9 Å². The highest BCUT2D eigenvalue weighted by Gasteiger charge is 2.17. The molecule has 0 saturated heterocycles. The normalized spacial score (nSPS) is 11.0. The predicted octanol–water partition coefficient (Wildman–Crippen LogP) is 9.63. The van der Waals surface area contributed by atoms with Crippen molar-refractivity contribution in [2.75, 3.05) is 0 Å². The van der Waals surface area contributed by atoms with E-state index in [2.05, 4.69) is 24.3 Å². The number of benzene rings is 4. The molecule has 0 atom stereocenters. The van der Waals surface area contributed by atoms with Crippen molar-refractivity contribution in [2.45, 2.75) is 22.6 Å². The van der Waals surface area contributed by atoms with Gasteiger partial charge in [-0.15, -0.1) is 0 Å². The zero-order chi connectivity index (χ0) is 21.8. The lowest BCUT2D eigenvalue weighted by Gasteiger charge is -2.16. The fourth-order valence-corrected chi connectivity index (χ4v) is 5.42. The van der Waals surface area contributed by atoms with Gasteiger partial charge < -0.3 is 0 Å². The van der Waals surface area contributed by atoms with Crippen molar-refractivity contribution in [3.63, 3.8) is 0 Å². The van der Waals surface area contributed by atoms with Crippen LogP contribution in [-0.2, 0) is 12.8 Å². The average Bonchev–Trinajstić information content (AvgIpc) is 2.79. The Labute approximate surface area is 207 Å². The second-order valence-corrected chi connectivity index (χ2v) is 9.76. The molecule has 0 aliphatic heterocycles. The summed E-state index contributed by atoms with van der Waals surface area (Å²) in [6, 6.07) is 28.2. The zero-order valence-corrected chi connectivity index (χ0v) is 20.3. The SMILES string of the molecule is Clc1ccc(Sc2ccc(Cl)c(Cl)c2Cc2ccccc2)c(Cc2ccccc2)c1Cl. The van der Waals surface area contributed by atoms with Gasteiger partial charge in [0.25, 0.3) is 0 Å². The van der Waals surface area contributed by atoms with Gasteiger partial charge in [-0.1, -0.05) is 119 Å². The van der Waals surface area contributed by atoms with Gasteiger partial charge in [-0.2, -0.15) is 0 Å². The Hall–Kier alpha value is -1.61. The summed E-state index contributed by atoms with van der Waals surface area (Å²) in [5.41, 5.74) is 4.35. The molecule has 0 amide bonds. The molecule has 0 unspecified atom stereocenters. The maximum Gasteiger partial charge on any atom is 0.0638 e. The lowest BCUT2D eigenvalue weighted by Crippen LogP contribution is -1.96. The number of halogens is 4. The van der Waals surface area contributed by atoms with E-state index in [1.807, 2.05) is 60.7 Å². The molecular weight excluding hydrogens is 486 g/mol. The Balaban J connectivity index is 1.74. The summed E-state index contributed by atoms with van der Waals surface area (Å²) in [5, 5.41) is 2.27. The molecule has 0 aromatic heterocycles. The maximum absolute atomic E-state index is 6.65. The average molecular weight is 504 g/mol. The molecule has 5 heteroatoms. The van der Waals surface area contributed by atoms with Crippen LogP contribution in [0.2, 0.25) is 20.1 Å². The van der Waals surface area contributed by atoms with Gasteiger partial charge in [0.05, 0.1) is 20.1 Å². The summed E-state index contributed by atoms with van der Waals surface area (Å²) in [4.78, 5) is 2.09. The molecule has 0 nitrogen and oxygen atoms in total. The first-order valence-corrected chi connectivity index (χ1v) is 12.0. The van der Waals surface area contributed by atoms with Gasteiger partial charge in [-0.3, -0.25) is 0 Å². The molecule has 0 bridgehead atoms. The first kappa shape index (κ1) is 22.6. The molecule has 0 aliphatic carbocycles. The second-order valence-electron chi connectivity index (χ2n) is 7.10. The minimum absolute atomic E-state index is 0.551. The van der Waals surface area contributed by atoms with Gasteiger partial charge in [0.2, 0.25) is 0 Å². The third-order valence-corrected chi connectivity index (χ3v) is 7.87. The number of hydrogen-bond acceptors (Lipinski definition) is 1. The fourth-order valence-electron chi connectivity index (χ4n) is 3.39. The lowest BCUT2D eigenvalue weighted by molar-refractivity contribution is 1.11. The van der Waals surface area contributed by atoms with Crippen molar-refractivity contribution < 1.29 is 0 Å². The maximum atomic E-state index is 6.65. The van der Waals surface area contributed by atoms with Gasteiger partial charge in [-0.25, -0.2) is 0 Å². The van der Waals surface area contributed by atoms with Crippen LogP contribution in [0.4, 0.5) is 0 Å². The zero-order valence-electron chi connectivity index (χ0n) is 16.4. The van der Waals surface area contributed by atoms with Crippen LogP contribution in [0, 0.1) is 0 Å². The standard InChI is InChI=1S/C26H18Cl4S/c27-21-11-13-23(19(25(21)29)15-17-7-3-1-4-8-17)31-24-14-12-22(28)26(30)20(24)16-18-9-5-2-6-10-18/h1-14H,15-16H2. The molecule has 0 fully saturated rings. The molecule has 156 valence electrons. The topological polar surface area (TPSA) is 0 Å². The monoisotopic (exact) mass is 502 g/mol. The van der Waals surface area contributed by atoms with Gasteiger partial charge in [-0.05, 0) is 46.5 Å². The first-order valence-electron chi connectivity index (χ1n) is 9.72. The highest BCUT2D eigenvalue weighted by atomic mass is 35.5. The van der Waals surface area contributed by atoms with Crippen LogP contribution in [0.1, 0.15) is 22.3 Å². The molecule has 31 heavy (non-hydrogen) atoms. The van der Waals surface area contributed by atoms with Crippen LogP contribution in [0.25, 0.3) is 0 Å². The molecule has 0 aliphatic rings. The Morgan fingerprint density at radius 3 is 1.26 bits per heavy atom. The molecular formula is C26H18Cl4S. The Kier molecular flexibility index (Phi) is 7.53. The summed E-state index contributed by atoms with van der Waals surface area (Å²) in [6.07, 6.45) is 1.38. The van der Waals surface area contributed by atoms with Crippen LogP contribution >= 0.6 is 58.2 Å². The molecule has 0 heterocycles. The van der Waals surface area contributed by atoms with E-state index in [1.54, 1.807) is 11.8 Å². The molecule has 0 saturated carbocycles. The van der Waals surface area contributed by atoms with Crippen LogP contribution in [0.15, 0.2) is 94.7 Å². The van der Waals surface area contributed by atoms with Crippen molar-refractivity contribution in [2.24, 2.45) is 0 Å². The van der Waals surface area contributed by atoms with Crippen LogP contribution in [0.3, 0.4) is 0 Å². The fraction of sp³-hybridized carbons (Fsp3) is 0.0769. The lowest BCUT2D eigenvalue weighted by atomic mass is 10.0. The van der Waals surface area contributed by atoms with Gasteiger partial charge >= 0.3 is 0 Å². The molecule has 4 aromatic carbocycles. The highest BCUT2D eigenvalue weighted by molar-refractivity contribution is 7.99. The van der Waals surface area contributed by atoms with Gasteiger partial charge in [0.15, 0.2) is 0 Å². The second kappa shape index (κ2) is 10.3. The van der Waals surface area contributed by atoms with Gasteiger partial charge in [0, 0.05) is 22.6 Å². The van der Waals surface area contributed by atoms with E-state index < -0.39 is 0 Å². The van der Waals surface area contributed by atoms with Crippen molar-refractivity contribution in [1.29, 1.82) is 0 Å². The van der Waals surface area contributed by atoms with Crippen LogP contribution in [-0.4, -0.2) is 0 Å². The minimum atomic E-state index is 0.551. The van der Waals surface area contributed by atoms with Crippen molar-refractivity contribution in [3.8, 4) is 0 Å². The predicted molar refractivity (Wildman–Crippen MR) is 136 cm³/mol. The Morgan fingerprint density at radius 2 is 0.871 bits per heavy atom. The smallest absolute Gasteiger partial charge is 0.0638 e. The molecule has 4 rings (SSSR count). The van der Waals surface area contributed by atoms with Crippen molar-refractivity contribution in [3.05, 3.63) is 127 Å². The van der Waals surface area contributed by atoms with E-state index in [-0.39, 0.29) is 0 Å². The van der Waals surface area contributed by atoms with E-state index in [1.165, 1.54) is 11.1 Å². The molecule has 0 spiro atoms. The Morgan fingerprint density at radius 1 is 0.484 bits per heavy atom. The summed E-state index contributed by atoms with van der Waals surface area (Å²) in [7, 11) is 0. The summed E-state index contributed by atoms with van der Waals surface area (Å²) < 4.78 is 0. The van der Waals surface area contributed by atoms with Gasteiger partial charge in [0.1, 0.15) is 0 Å². The largest absolute Gasteiger partial charge is 0.0894 e. The minimum Gasteiger partial charge on any atom is -0.0894 e. The molecule has 0 N–H and O–H groups in total. The van der Waals surface area contributed by atoms with E-state index in [9.17, 15) is 0 Å². The van der Waals surface area contributed by atoms with Crippen molar-refractivity contribution in [1.82, 2.24) is 0 Å². The highest BCUT2D eigenvalue weighted by Crippen LogP contribution is 2.42. The summed E-state index contributed by atoms with van der Waals surface area (Å²) in [6.45, 7) is 0. The number of hydrogen-bond donors (Lipinski definition) is 0. The van der Waals surface area contributed by atoms with E-state index >= 15 is 0 Å². The first-order chi connectivity index (χ1) is 15.0. The summed E-state index contributed by atoms with van der Waals surface area (Å²) >= 11 is 27.7. The third kappa shape index (κ3) is 5.42. The van der Waals surface area contributed by atoms with E-state index in [4.69, 9.17) is 46.4 Å². The Bertz CT molecular complexity index is 1100. The number of rotatable bonds is 6. The van der Waals surface area contributed by atoms with Crippen molar-refractivity contribution >= 4 is 58.2 Å². The molecule has 4 aromatic rings. The molecule has 0 radical (unpaired) electrons. The quantitative estimate of drug-likeness (QED) is 0.252. The van der Waals surface area contributed by atoms with E-state index in [0.717, 1.165) is 20.9 Å². The summed E-state index contributed by atoms with van der Waals surface area (Å²) in [5.74, 6) is 0. The van der Waals surface area contributed by atoms with Crippen LogP contribution in [0.5, 0.6) is 0 Å². The third-order valence-electron chi connectivity index (χ3n) is 4.97. The van der Waals surface area contributed by atoms with Crippen LogP contribution < -0.4 is 0 Å².